The van der Waals surface area contributed by atoms with Crippen LogP contribution in [0, 0.1) is 6.92 Å². The number of halogens is 1. The van der Waals surface area contributed by atoms with Gasteiger partial charge in [0.15, 0.2) is 18.5 Å². The Hall–Kier alpha value is -2.51. The topological polar surface area (TPSA) is 59.3 Å². The average molecular weight is 658 g/mol. The van der Waals surface area contributed by atoms with Gasteiger partial charge in [0.05, 0.1) is 29.7 Å². The lowest BCUT2D eigenvalue weighted by Crippen LogP contribution is -3.00. The normalized spacial score (nSPS) is 10.7. The number of carbonyl (C=O) groups excluding carboxylic acids is 2. The van der Waals surface area contributed by atoms with Crippen molar-refractivity contribution in [2.24, 2.45) is 0 Å². The van der Waals surface area contributed by atoms with E-state index in [0.717, 1.165) is 29.7 Å². The van der Waals surface area contributed by atoms with Crippen molar-refractivity contribution in [2.45, 2.75) is 111 Å². The van der Waals surface area contributed by atoms with Crippen molar-refractivity contribution in [2.75, 3.05) is 11.9 Å². The summed E-state index contributed by atoms with van der Waals surface area (Å²) in [4.78, 5) is 25.3. The third-order valence-corrected chi connectivity index (χ3v) is 8.39. The van der Waals surface area contributed by atoms with Crippen LogP contribution in [0.15, 0.2) is 54.0 Å². The van der Waals surface area contributed by atoms with Gasteiger partial charge in [-0.2, -0.15) is 4.57 Å². The molecule has 0 saturated heterocycles. The molecular weight excluding hydrogens is 608 g/mol. The standard InChI is InChI=1S/C35H48N2O3S.BrH/c1-4-5-6-7-8-9-10-11-12-13-14-17-23-40-34-21-20-30(25-32(34)28(2)38)26-35(39)36-33-19-16-15-18-31(33)27-37-22-24-41-29(37)3;/h15-16,18-22,24-25H,4-14,17,23,26-27H2,1-3H3;1H. The van der Waals surface area contributed by atoms with E-state index in [2.05, 4.69) is 35.3 Å². The molecule has 5 nitrogen and oxygen atoms in total. The number of carbonyl (C=O) groups is 2. The number of para-hydroxylation sites is 1. The molecule has 1 aromatic heterocycles. The Balaban J connectivity index is 0.00000616. The van der Waals surface area contributed by atoms with Crippen molar-refractivity contribution in [3.8, 4) is 5.75 Å². The maximum atomic E-state index is 12.9. The number of aryl methyl sites for hydroxylation is 1. The van der Waals surface area contributed by atoms with E-state index in [9.17, 15) is 9.59 Å². The number of rotatable bonds is 20. The number of anilines is 1. The number of nitrogens with zero attached hydrogens (tertiary/aromatic N) is 1. The van der Waals surface area contributed by atoms with E-state index in [1.807, 2.05) is 36.4 Å². The zero-order chi connectivity index (χ0) is 29.3. The molecule has 0 aliphatic carbocycles. The van der Waals surface area contributed by atoms with Gasteiger partial charge in [0, 0.05) is 12.5 Å². The van der Waals surface area contributed by atoms with Gasteiger partial charge in [0.1, 0.15) is 5.75 Å². The van der Waals surface area contributed by atoms with E-state index < -0.39 is 0 Å². The van der Waals surface area contributed by atoms with Gasteiger partial charge in [-0.25, -0.2) is 0 Å². The number of benzene rings is 2. The fourth-order valence-corrected chi connectivity index (χ4v) is 5.76. The first-order chi connectivity index (χ1) is 20.0. The first kappa shape index (κ1) is 35.7. The number of Topliss-reactive ketones (excluding diaryl/α,β-unsaturated/α-hetero) is 1. The molecule has 0 unspecified atom stereocenters. The quantitative estimate of drug-likeness (QED) is 0.0942. The molecule has 0 radical (unpaired) electrons. The SMILES string of the molecule is CCCCCCCCCCCCCCOc1ccc(CC(=O)Nc2ccccc2C[n+]2ccsc2C)cc1C(C)=O.[Br-]. The second-order valence-electron chi connectivity index (χ2n) is 11.1. The largest absolute Gasteiger partial charge is 1.00 e. The minimum Gasteiger partial charge on any atom is -1.00 e. The molecular formula is C35H49BrN2O3S. The summed E-state index contributed by atoms with van der Waals surface area (Å²) in [6.45, 7) is 7.21. The van der Waals surface area contributed by atoms with Gasteiger partial charge in [-0.15, -0.1) is 0 Å². The summed E-state index contributed by atoms with van der Waals surface area (Å²) in [5, 5.41) is 6.35. The molecule has 1 amide bonds. The number of unbranched alkanes of at least 4 members (excludes halogenated alkanes) is 11. The van der Waals surface area contributed by atoms with Crippen molar-refractivity contribution in [1.82, 2.24) is 0 Å². The lowest BCUT2D eigenvalue weighted by molar-refractivity contribution is -0.689. The van der Waals surface area contributed by atoms with Gasteiger partial charge in [-0.1, -0.05) is 113 Å². The third-order valence-electron chi connectivity index (χ3n) is 7.56. The predicted octanol–water partition coefficient (Wildman–Crippen LogP) is 5.86. The van der Waals surface area contributed by atoms with E-state index >= 15 is 0 Å². The minimum absolute atomic E-state index is 0. The zero-order valence-corrected chi connectivity index (χ0v) is 28.2. The number of thiazole rings is 1. The number of aromatic nitrogens is 1. The second-order valence-corrected chi connectivity index (χ2v) is 12.2. The highest BCUT2D eigenvalue weighted by atomic mass is 79.9. The molecule has 1 N–H and O–H groups in total. The first-order valence-corrected chi connectivity index (χ1v) is 16.4. The Morgan fingerprint density at radius 1 is 0.881 bits per heavy atom. The van der Waals surface area contributed by atoms with Crippen LogP contribution in [0.5, 0.6) is 5.75 Å². The molecule has 1 heterocycles. The highest BCUT2D eigenvalue weighted by Crippen LogP contribution is 2.23. The molecule has 42 heavy (non-hydrogen) atoms. The molecule has 0 aliphatic rings. The maximum absolute atomic E-state index is 12.9. The van der Waals surface area contributed by atoms with Crippen LogP contribution in [0.3, 0.4) is 0 Å². The molecule has 230 valence electrons. The van der Waals surface area contributed by atoms with Crippen molar-refractivity contribution < 1.29 is 35.9 Å². The van der Waals surface area contributed by atoms with E-state index in [1.165, 1.54) is 69.2 Å². The average Bonchev–Trinajstić information content (AvgIpc) is 3.36. The van der Waals surface area contributed by atoms with Gasteiger partial charge in [0.25, 0.3) is 0 Å². The lowest BCUT2D eigenvalue weighted by Gasteiger charge is -2.13. The van der Waals surface area contributed by atoms with Gasteiger partial charge < -0.3 is 27.0 Å². The summed E-state index contributed by atoms with van der Waals surface area (Å²) >= 11 is 1.70. The van der Waals surface area contributed by atoms with E-state index in [0.29, 0.717) is 24.5 Å². The summed E-state index contributed by atoms with van der Waals surface area (Å²) in [7, 11) is 0. The van der Waals surface area contributed by atoms with Crippen LogP contribution in [0.1, 0.15) is 117 Å². The Labute approximate surface area is 267 Å². The van der Waals surface area contributed by atoms with Crippen molar-refractivity contribution in [3.05, 3.63) is 75.7 Å². The first-order valence-electron chi connectivity index (χ1n) is 15.6. The molecule has 2 aromatic carbocycles. The summed E-state index contributed by atoms with van der Waals surface area (Å²) in [5.74, 6) is 0.452. The summed E-state index contributed by atoms with van der Waals surface area (Å²) in [5.41, 5.74) is 3.20. The Morgan fingerprint density at radius 3 is 2.14 bits per heavy atom. The van der Waals surface area contributed by atoms with Crippen LogP contribution in [0.2, 0.25) is 0 Å². The number of amides is 1. The maximum Gasteiger partial charge on any atom is 0.234 e. The zero-order valence-electron chi connectivity index (χ0n) is 25.8. The summed E-state index contributed by atoms with van der Waals surface area (Å²) < 4.78 is 8.17. The molecule has 0 fully saturated rings. The van der Waals surface area contributed by atoms with Crippen LogP contribution in [-0.2, 0) is 17.8 Å². The molecule has 0 aliphatic heterocycles. The lowest BCUT2D eigenvalue weighted by atomic mass is 10.0. The van der Waals surface area contributed by atoms with Crippen LogP contribution in [-0.4, -0.2) is 18.3 Å². The van der Waals surface area contributed by atoms with Crippen molar-refractivity contribution in [1.29, 1.82) is 0 Å². The number of ether oxygens (including phenoxy) is 1. The Morgan fingerprint density at radius 2 is 1.52 bits per heavy atom. The van der Waals surface area contributed by atoms with Crippen molar-refractivity contribution in [3.63, 3.8) is 0 Å². The van der Waals surface area contributed by atoms with Crippen molar-refractivity contribution >= 4 is 28.7 Å². The van der Waals surface area contributed by atoms with Crippen LogP contribution in [0.25, 0.3) is 0 Å². The van der Waals surface area contributed by atoms with E-state index in [4.69, 9.17) is 4.74 Å². The number of nitrogens with one attached hydrogen (secondary N) is 1. The fourth-order valence-electron chi connectivity index (χ4n) is 5.10. The number of hydrogen-bond acceptors (Lipinski definition) is 4. The van der Waals surface area contributed by atoms with Gasteiger partial charge >= 0.3 is 0 Å². The molecule has 7 heteroatoms. The second kappa shape index (κ2) is 20.4. The molecule has 3 aromatic rings. The smallest absolute Gasteiger partial charge is 0.234 e. The van der Waals surface area contributed by atoms with Gasteiger partial charge in [-0.3, -0.25) is 9.59 Å². The van der Waals surface area contributed by atoms with E-state index in [-0.39, 0.29) is 35.1 Å². The highest BCUT2D eigenvalue weighted by Gasteiger charge is 2.15. The van der Waals surface area contributed by atoms with Crippen LogP contribution in [0.4, 0.5) is 5.69 Å². The Bertz CT molecular complexity index is 1230. The van der Waals surface area contributed by atoms with E-state index in [1.54, 1.807) is 24.3 Å². The third kappa shape index (κ3) is 12.8. The molecule has 0 bridgehead atoms. The summed E-state index contributed by atoms with van der Waals surface area (Å²) in [6, 6.07) is 13.4. The highest BCUT2D eigenvalue weighted by molar-refractivity contribution is 7.09. The minimum atomic E-state index is -0.107. The molecule has 0 saturated carbocycles. The monoisotopic (exact) mass is 656 g/mol. The number of hydrogen-bond donors (Lipinski definition) is 1. The molecule has 0 spiro atoms. The van der Waals surface area contributed by atoms with Gasteiger partial charge in [-0.05, 0) is 37.1 Å². The molecule has 3 rings (SSSR count). The van der Waals surface area contributed by atoms with Crippen LogP contribution >= 0.6 is 11.3 Å². The fraction of sp³-hybridized carbons (Fsp3) is 0.514. The number of ketones is 1. The summed E-state index contributed by atoms with van der Waals surface area (Å²) in [6.07, 6.45) is 17.8. The predicted molar refractivity (Wildman–Crippen MR) is 170 cm³/mol. The molecule has 0 atom stereocenters. The van der Waals surface area contributed by atoms with Gasteiger partial charge in [0.2, 0.25) is 10.9 Å². The Kier molecular flexibility index (Phi) is 17.3. The van der Waals surface area contributed by atoms with Crippen LogP contribution < -0.4 is 31.6 Å².